The van der Waals surface area contributed by atoms with Crippen molar-refractivity contribution in [1.29, 1.82) is 0 Å². The van der Waals surface area contributed by atoms with Gasteiger partial charge < -0.3 is 5.32 Å². The number of hydrogen-bond acceptors (Lipinski definition) is 1. The molecule has 1 atom stereocenters. The predicted octanol–water partition coefficient (Wildman–Crippen LogP) is 4.45. The summed E-state index contributed by atoms with van der Waals surface area (Å²) in [4.78, 5) is 0. The lowest BCUT2D eigenvalue weighted by atomic mass is 9.81. The Kier molecular flexibility index (Phi) is 4.57. The summed E-state index contributed by atoms with van der Waals surface area (Å²) >= 11 is 3.55. The summed E-state index contributed by atoms with van der Waals surface area (Å²) in [6, 6.07) is 6.91. The number of benzene rings is 1. The number of hydrogen-bond donors (Lipinski definition) is 1. The number of aryl methyl sites for hydroxylation is 1. The summed E-state index contributed by atoms with van der Waals surface area (Å²) in [6.07, 6.45) is 0. The first kappa shape index (κ1) is 13.7. The highest BCUT2D eigenvalue weighted by Crippen LogP contribution is 2.35. The van der Waals surface area contributed by atoms with Gasteiger partial charge in [0.15, 0.2) is 0 Å². The third-order valence-corrected chi connectivity index (χ3v) is 3.32. The Bertz CT molecular complexity index is 352. The minimum absolute atomic E-state index is 0.224. The van der Waals surface area contributed by atoms with Crippen LogP contribution in [0.3, 0.4) is 0 Å². The second-order valence-corrected chi connectivity index (χ2v) is 6.27. The SMILES string of the molecule is CCNC(c1cc(Br)ccc1C)C(C)(C)C. The van der Waals surface area contributed by atoms with Crippen molar-refractivity contribution in [2.45, 2.75) is 40.7 Å². The van der Waals surface area contributed by atoms with Crippen molar-refractivity contribution in [1.82, 2.24) is 5.32 Å². The van der Waals surface area contributed by atoms with Crippen LogP contribution < -0.4 is 5.32 Å². The van der Waals surface area contributed by atoms with Crippen LogP contribution in [-0.2, 0) is 0 Å². The first-order valence-corrected chi connectivity index (χ1v) is 6.65. The van der Waals surface area contributed by atoms with E-state index in [2.05, 4.69) is 74.1 Å². The third-order valence-electron chi connectivity index (χ3n) is 2.83. The first-order chi connectivity index (χ1) is 7.36. The lowest BCUT2D eigenvalue weighted by Gasteiger charge is -2.33. The van der Waals surface area contributed by atoms with Gasteiger partial charge in [-0.25, -0.2) is 0 Å². The Morgan fingerprint density at radius 3 is 2.44 bits per heavy atom. The van der Waals surface area contributed by atoms with Gasteiger partial charge in [0.1, 0.15) is 0 Å². The second kappa shape index (κ2) is 5.33. The van der Waals surface area contributed by atoms with Crippen LogP contribution >= 0.6 is 15.9 Å². The quantitative estimate of drug-likeness (QED) is 0.864. The van der Waals surface area contributed by atoms with Gasteiger partial charge in [0.2, 0.25) is 0 Å². The molecule has 0 spiro atoms. The molecule has 0 fully saturated rings. The predicted molar refractivity (Wildman–Crippen MR) is 74.8 cm³/mol. The smallest absolute Gasteiger partial charge is 0.0372 e. The van der Waals surface area contributed by atoms with Crippen LogP contribution in [0.15, 0.2) is 22.7 Å². The molecule has 16 heavy (non-hydrogen) atoms. The van der Waals surface area contributed by atoms with Gasteiger partial charge >= 0.3 is 0 Å². The zero-order valence-electron chi connectivity index (χ0n) is 10.9. The molecule has 0 saturated carbocycles. The molecule has 0 aromatic heterocycles. The van der Waals surface area contributed by atoms with E-state index in [9.17, 15) is 0 Å². The summed E-state index contributed by atoms with van der Waals surface area (Å²) in [5.74, 6) is 0. The maximum absolute atomic E-state index is 3.59. The maximum atomic E-state index is 3.59. The van der Waals surface area contributed by atoms with E-state index in [0.717, 1.165) is 11.0 Å². The molecule has 1 N–H and O–H groups in total. The number of nitrogens with one attached hydrogen (secondary N) is 1. The summed E-state index contributed by atoms with van der Waals surface area (Å²) in [7, 11) is 0. The lowest BCUT2D eigenvalue weighted by Crippen LogP contribution is -2.32. The molecular formula is C14H22BrN. The molecule has 0 saturated heterocycles. The van der Waals surface area contributed by atoms with E-state index >= 15 is 0 Å². The zero-order chi connectivity index (χ0) is 12.3. The van der Waals surface area contributed by atoms with Crippen molar-refractivity contribution in [3.8, 4) is 0 Å². The molecule has 0 amide bonds. The molecule has 1 aromatic rings. The van der Waals surface area contributed by atoms with Crippen LogP contribution in [0.5, 0.6) is 0 Å². The van der Waals surface area contributed by atoms with Crippen LogP contribution in [0.4, 0.5) is 0 Å². The molecule has 0 bridgehead atoms. The number of rotatable bonds is 3. The Labute approximate surface area is 108 Å². The van der Waals surface area contributed by atoms with Gasteiger partial charge in [0.05, 0.1) is 0 Å². The van der Waals surface area contributed by atoms with Gasteiger partial charge in [-0.3, -0.25) is 0 Å². The fourth-order valence-electron chi connectivity index (χ4n) is 2.01. The highest BCUT2D eigenvalue weighted by atomic mass is 79.9. The van der Waals surface area contributed by atoms with Crippen molar-refractivity contribution in [3.05, 3.63) is 33.8 Å². The van der Waals surface area contributed by atoms with Crippen molar-refractivity contribution < 1.29 is 0 Å². The molecule has 2 heteroatoms. The molecule has 1 nitrogen and oxygen atoms in total. The zero-order valence-corrected chi connectivity index (χ0v) is 12.5. The fourth-order valence-corrected chi connectivity index (χ4v) is 2.39. The average molecular weight is 284 g/mol. The van der Waals surface area contributed by atoms with E-state index in [1.807, 2.05) is 0 Å². The van der Waals surface area contributed by atoms with Crippen LogP contribution in [-0.4, -0.2) is 6.54 Å². The van der Waals surface area contributed by atoms with E-state index in [4.69, 9.17) is 0 Å². The second-order valence-electron chi connectivity index (χ2n) is 5.36. The summed E-state index contributed by atoms with van der Waals surface area (Å²) in [6.45, 7) is 12.2. The average Bonchev–Trinajstić information content (AvgIpc) is 2.17. The molecule has 0 radical (unpaired) electrons. The van der Waals surface area contributed by atoms with Crippen LogP contribution in [0, 0.1) is 12.3 Å². The van der Waals surface area contributed by atoms with Gasteiger partial charge in [-0.05, 0) is 42.1 Å². The van der Waals surface area contributed by atoms with E-state index < -0.39 is 0 Å². The minimum Gasteiger partial charge on any atom is -0.310 e. The van der Waals surface area contributed by atoms with Gasteiger partial charge in [0.25, 0.3) is 0 Å². The largest absolute Gasteiger partial charge is 0.310 e. The molecule has 90 valence electrons. The van der Waals surface area contributed by atoms with E-state index in [0.29, 0.717) is 6.04 Å². The first-order valence-electron chi connectivity index (χ1n) is 5.85. The Morgan fingerprint density at radius 2 is 1.94 bits per heavy atom. The van der Waals surface area contributed by atoms with Crippen molar-refractivity contribution in [2.24, 2.45) is 5.41 Å². The monoisotopic (exact) mass is 283 g/mol. The molecular weight excluding hydrogens is 262 g/mol. The summed E-state index contributed by atoms with van der Waals surface area (Å²) in [5.41, 5.74) is 2.97. The van der Waals surface area contributed by atoms with Gasteiger partial charge in [0, 0.05) is 10.5 Å². The summed E-state index contributed by atoms with van der Waals surface area (Å²) < 4.78 is 1.15. The van der Waals surface area contributed by atoms with Gasteiger partial charge in [-0.2, -0.15) is 0 Å². The Balaban J connectivity index is 3.15. The Hall–Kier alpha value is -0.340. The molecule has 0 aliphatic carbocycles. The fraction of sp³-hybridized carbons (Fsp3) is 0.571. The Morgan fingerprint density at radius 1 is 1.31 bits per heavy atom. The van der Waals surface area contributed by atoms with Gasteiger partial charge in [-0.1, -0.05) is 49.7 Å². The summed E-state index contributed by atoms with van der Waals surface area (Å²) in [5, 5.41) is 3.59. The molecule has 1 aromatic carbocycles. The third kappa shape index (κ3) is 3.33. The molecule has 1 rings (SSSR count). The van der Waals surface area contributed by atoms with Crippen LogP contribution in [0.1, 0.15) is 44.9 Å². The molecule has 0 aliphatic heterocycles. The van der Waals surface area contributed by atoms with Crippen molar-refractivity contribution in [3.63, 3.8) is 0 Å². The molecule has 0 aliphatic rings. The van der Waals surface area contributed by atoms with E-state index in [1.165, 1.54) is 11.1 Å². The minimum atomic E-state index is 0.224. The van der Waals surface area contributed by atoms with Crippen molar-refractivity contribution in [2.75, 3.05) is 6.54 Å². The van der Waals surface area contributed by atoms with Crippen molar-refractivity contribution >= 4 is 15.9 Å². The normalized spacial score (nSPS) is 13.9. The standard InChI is InChI=1S/C14H22BrN/c1-6-16-13(14(3,4)5)12-9-11(15)8-7-10(12)2/h7-9,13,16H,6H2,1-5H3. The molecule has 0 heterocycles. The van der Waals surface area contributed by atoms with E-state index in [-0.39, 0.29) is 5.41 Å². The van der Waals surface area contributed by atoms with Crippen LogP contribution in [0.2, 0.25) is 0 Å². The van der Waals surface area contributed by atoms with Gasteiger partial charge in [-0.15, -0.1) is 0 Å². The lowest BCUT2D eigenvalue weighted by molar-refractivity contribution is 0.276. The highest BCUT2D eigenvalue weighted by molar-refractivity contribution is 9.10. The maximum Gasteiger partial charge on any atom is 0.0372 e. The number of halogens is 1. The highest BCUT2D eigenvalue weighted by Gasteiger charge is 2.26. The van der Waals surface area contributed by atoms with E-state index in [1.54, 1.807) is 0 Å². The van der Waals surface area contributed by atoms with Crippen LogP contribution in [0.25, 0.3) is 0 Å². The molecule has 1 unspecified atom stereocenters. The topological polar surface area (TPSA) is 12.0 Å².